The Morgan fingerprint density at radius 1 is 0.821 bits per heavy atom. The Morgan fingerprint density at radius 3 is 2.07 bits per heavy atom. The predicted octanol–water partition coefficient (Wildman–Crippen LogP) is 5.82. The van der Waals surface area contributed by atoms with Crippen LogP contribution in [0, 0.1) is 0 Å². The van der Waals surface area contributed by atoms with Crippen LogP contribution in [0.1, 0.15) is 16.7 Å². The van der Waals surface area contributed by atoms with Crippen molar-refractivity contribution >= 4 is 41.0 Å². The van der Waals surface area contributed by atoms with Gasteiger partial charge in [0.1, 0.15) is 11.5 Å². The zero-order valence-corrected chi connectivity index (χ0v) is 16.4. The molecule has 0 aromatic heterocycles. The number of carbonyl (C=O) groups excluding carboxylic acids is 1. The van der Waals surface area contributed by atoms with E-state index in [1.165, 1.54) is 0 Å². The molecule has 0 bridgehead atoms. The lowest BCUT2D eigenvalue weighted by atomic mass is 10.1. The minimum Gasteiger partial charge on any atom is -0.286 e. The van der Waals surface area contributed by atoms with Crippen molar-refractivity contribution in [3.05, 3.63) is 111 Å². The predicted molar refractivity (Wildman–Crippen MR) is 114 cm³/mol. The second-order valence-electron chi connectivity index (χ2n) is 6.40. The van der Waals surface area contributed by atoms with E-state index in [-0.39, 0.29) is 5.91 Å². The normalized spacial score (nSPS) is 15.2. The summed E-state index contributed by atoms with van der Waals surface area (Å²) in [5.74, 6) is 0.504. The molecule has 0 atom stereocenters. The maximum Gasteiger partial charge on any atom is 0.278 e. The maximum absolute atomic E-state index is 13.1. The van der Waals surface area contributed by atoms with Gasteiger partial charge in [0, 0.05) is 15.6 Å². The van der Waals surface area contributed by atoms with Gasteiger partial charge in [-0.05, 0) is 41.5 Å². The maximum atomic E-state index is 13.1. The summed E-state index contributed by atoms with van der Waals surface area (Å²) < 4.78 is 0. The Bertz CT molecular complexity index is 1060. The van der Waals surface area contributed by atoms with Gasteiger partial charge >= 0.3 is 0 Å². The van der Waals surface area contributed by atoms with Crippen molar-refractivity contribution in [1.29, 1.82) is 0 Å². The van der Waals surface area contributed by atoms with Crippen LogP contribution < -0.4 is 0 Å². The van der Waals surface area contributed by atoms with Crippen molar-refractivity contribution in [2.24, 2.45) is 4.99 Å². The van der Waals surface area contributed by atoms with Crippen LogP contribution >= 0.6 is 23.2 Å². The molecule has 5 heteroatoms. The van der Waals surface area contributed by atoms with Crippen molar-refractivity contribution in [2.45, 2.75) is 6.54 Å². The van der Waals surface area contributed by atoms with Crippen molar-refractivity contribution in [3.8, 4) is 0 Å². The summed E-state index contributed by atoms with van der Waals surface area (Å²) in [6.07, 6.45) is 1.78. The van der Waals surface area contributed by atoms with Gasteiger partial charge in [-0.1, -0.05) is 77.8 Å². The summed E-state index contributed by atoms with van der Waals surface area (Å²) in [7, 11) is 0. The molecule has 0 radical (unpaired) electrons. The van der Waals surface area contributed by atoms with Gasteiger partial charge in [0.15, 0.2) is 0 Å². The van der Waals surface area contributed by atoms with E-state index in [9.17, 15) is 4.79 Å². The fourth-order valence-corrected chi connectivity index (χ4v) is 3.25. The monoisotopic (exact) mass is 406 g/mol. The van der Waals surface area contributed by atoms with Crippen LogP contribution in [0.2, 0.25) is 10.0 Å². The van der Waals surface area contributed by atoms with Crippen LogP contribution in [0.25, 0.3) is 6.08 Å². The van der Waals surface area contributed by atoms with Crippen molar-refractivity contribution < 1.29 is 4.79 Å². The van der Waals surface area contributed by atoms with Gasteiger partial charge in [-0.25, -0.2) is 4.99 Å². The number of benzene rings is 3. The molecule has 1 aliphatic rings. The molecule has 0 saturated carbocycles. The highest BCUT2D eigenvalue weighted by Gasteiger charge is 2.31. The molecule has 1 heterocycles. The highest BCUT2D eigenvalue weighted by Crippen LogP contribution is 2.25. The molecule has 0 N–H and O–H groups in total. The van der Waals surface area contributed by atoms with Crippen LogP contribution in [0.5, 0.6) is 0 Å². The largest absolute Gasteiger partial charge is 0.286 e. The first kappa shape index (κ1) is 18.5. The van der Waals surface area contributed by atoms with Crippen molar-refractivity contribution in [2.75, 3.05) is 0 Å². The summed E-state index contributed by atoms with van der Waals surface area (Å²) in [6.45, 7) is 0.418. The molecule has 3 aromatic rings. The average Bonchev–Trinajstić information content (AvgIpc) is 3.02. The number of carbonyl (C=O) groups is 1. The molecule has 28 heavy (non-hydrogen) atoms. The van der Waals surface area contributed by atoms with Gasteiger partial charge in [-0.15, -0.1) is 0 Å². The van der Waals surface area contributed by atoms with Crippen LogP contribution in [0.4, 0.5) is 0 Å². The molecule has 1 amide bonds. The SMILES string of the molecule is O=C1/C(=C\c2ccc(Cl)cc2)N=C(c2ccccc2)N1Cc1ccc(Cl)cc1. The molecule has 0 unspecified atom stereocenters. The number of hydrogen-bond acceptors (Lipinski definition) is 2. The Balaban J connectivity index is 1.71. The van der Waals surface area contributed by atoms with Gasteiger partial charge in [0.25, 0.3) is 5.91 Å². The fraction of sp³-hybridized carbons (Fsp3) is 0.0435. The van der Waals surface area contributed by atoms with Gasteiger partial charge in [-0.3, -0.25) is 9.69 Å². The third-order valence-corrected chi connectivity index (χ3v) is 4.91. The van der Waals surface area contributed by atoms with E-state index in [2.05, 4.69) is 4.99 Å². The summed E-state index contributed by atoms with van der Waals surface area (Å²) in [5, 5.41) is 1.31. The Morgan fingerprint density at radius 2 is 1.43 bits per heavy atom. The van der Waals surface area contributed by atoms with E-state index in [4.69, 9.17) is 23.2 Å². The number of nitrogens with zero attached hydrogens (tertiary/aromatic N) is 2. The molecule has 1 aliphatic heterocycles. The molecular formula is C23H16Cl2N2O. The Kier molecular flexibility index (Phi) is 5.29. The summed E-state index contributed by atoms with van der Waals surface area (Å²) in [4.78, 5) is 19.5. The van der Waals surface area contributed by atoms with Crippen molar-refractivity contribution in [3.63, 3.8) is 0 Å². The van der Waals surface area contributed by atoms with E-state index in [0.717, 1.165) is 16.7 Å². The third kappa shape index (κ3) is 4.01. The molecule has 4 rings (SSSR count). The molecule has 3 nitrogen and oxygen atoms in total. The Labute approximate surface area is 173 Å². The first-order valence-corrected chi connectivity index (χ1v) is 9.53. The number of amides is 1. The quantitative estimate of drug-likeness (QED) is 0.502. The molecule has 0 aliphatic carbocycles. The van der Waals surface area contributed by atoms with Gasteiger partial charge in [0.2, 0.25) is 0 Å². The smallest absolute Gasteiger partial charge is 0.278 e. The second-order valence-corrected chi connectivity index (χ2v) is 7.27. The number of halogens is 2. The fourth-order valence-electron chi connectivity index (χ4n) is 2.99. The average molecular weight is 407 g/mol. The molecule has 0 spiro atoms. The molecule has 3 aromatic carbocycles. The summed E-state index contributed by atoms with van der Waals surface area (Å²) in [6, 6.07) is 24.5. The lowest BCUT2D eigenvalue weighted by molar-refractivity contribution is -0.123. The summed E-state index contributed by atoms with van der Waals surface area (Å²) >= 11 is 11.9. The van der Waals surface area contributed by atoms with Crippen molar-refractivity contribution in [1.82, 2.24) is 4.90 Å². The minimum atomic E-state index is -0.135. The highest BCUT2D eigenvalue weighted by molar-refractivity contribution is 6.30. The zero-order chi connectivity index (χ0) is 19.5. The van der Waals surface area contributed by atoms with E-state index in [1.807, 2.05) is 66.7 Å². The van der Waals surface area contributed by atoms with Crippen LogP contribution in [0.15, 0.2) is 89.6 Å². The lowest BCUT2D eigenvalue weighted by Gasteiger charge is -2.18. The highest BCUT2D eigenvalue weighted by atomic mass is 35.5. The lowest BCUT2D eigenvalue weighted by Crippen LogP contribution is -2.32. The number of rotatable bonds is 4. The van der Waals surface area contributed by atoms with Crippen LogP contribution in [0.3, 0.4) is 0 Å². The van der Waals surface area contributed by atoms with E-state index >= 15 is 0 Å². The minimum absolute atomic E-state index is 0.135. The van der Waals surface area contributed by atoms with Gasteiger partial charge in [0.05, 0.1) is 6.54 Å². The molecule has 0 saturated heterocycles. The summed E-state index contributed by atoms with van der Waals surface area (Å²) in [5.41, 5.74) is 3.14. The Hall–Kier alpha value is -2.88. The van der Waals surface area contributed by atoms with Crippen LogP contribution in [-0.4, -0.2) is 16.6 Å². The zero-order valence-electron chi connectivity index (χ0n) is 14.8. The topological polar surface area (TPSA) is 32.7 Å². The first-order chi connectivity index (χ1) is 13.6. The third-order valence-electron chi connectivity index (χ3n) is 4.41. The number of hydrogen-bond donors (Lipinski definition) is 0. The van der Waals surface area contributed by atoms with Crippen LogP contribution in [-0.2, 0) is 11.3 Å². The number of amidine groups is 1. The number of aliphatic imine (C=N–C) groups is 1. The van der Waals surface area contributed by atoms with E-state index in [1.54, 1.807) is 23.1 Å². The second kappa shape index (κ2) is 8.01. The standard InChI is InChI=1S/C23H16Cl2N2O/c24-19-10-6-16(7-11-19)14-21-23(28)27(15-17-8-12-20(25)13-9-17)22(26-21)18-4-2-1-3-5-18/h1-14H,15H2/b21-14+. The first-order valence-electron chi connectivity index (χ1n) is 8.78. The molecule has 138 valence electrons. The molecule has 0 fully saturated rings. The molecular weight excluding hydrogens is 391 g/mol. The van der Waals surface area contributed by atoms with E-state index < -0.39 is 0 Å². The van der Waals surface area contributed by atoms with Gasteiger partial charge < -0.3 is 0 Å². The van der Waals surface area contributed by atoms with Gasteiger partial charge in [-0.2, -0.15) is 0 Å². The van der Waals surface area contributed by atoms with E-state index in [0.29, 0.717) is 28.1 Å².